The maximum atomic E-state index is 12.6. The molecule has 0 saturated carbocycles. The first kappa shape index (κ1) is 16.1. The third-order valence-electron chi connectivity index (χ3n) is 3.55. The first-order valence-corrected chi connectivity index (χ1v) is 8.36. The second-order valence-corrected chi connectivity index (χ2v) is 7.51. The van der Waals surface area contributed by atoms with Gasteiger partial charge in [-0.1, -0.05) is 11.6 Å². The van der Waals surface area contributed by atoms with E-state index in [1.807, 2.05) is 0 Å². The monoisotopic (exact) mass is 331 g/mol. The van der Waals surface area contributed by atoms with Gasteiger partial charge in [0.25, 0.3) is 0 Å². The fourth-order valence-electron chi connectivity index (χ4n) is 2.32. The Bertz CT molecular complexity index is 652. The van der Waals surface area contributed by atoms with Crippen LogP contribution in [0.3, 0.4) is 0 Å². The van der Waals surface area contributed by atoms with Crippen molar-refractivity contribution < 1.29 is 13.2 Å². The van der Waals surface area contributed by atoms with Gasteiger partial charge in [-0.2, -0.15) is 4.31 Å². The number of nitrogens with zero attached hydrogens (tertiary/aromatic N) is 1. The van der Waals surface area contributed by atoms with E-state index in [0.29, 0.717) is 29.2 Å². The lowest BCUT2D eigenvalue weighted by Crippen LogP contribution is -2.37. The SMILES string of the molecule is CC(=O)NC1CCN(S(=O)(=O)c2cc(N)c(C)c(Cl)c2)C1. The summed E-state index contributed by atoms with van der Waals surface area (Å²) in [6.45, 7) is 3.76. The second-order valence-electron chi connectivity index (χ2n) is 5.17. The molecule has 0 spiro atoms. The van der Waals surface area contributed by atoms with E-state index in [1.165, 1.54) is 23.4 Å². The highest BCUT2D eigenvalue weighted by Crippen LogP contribution is 2.29. The van der Waals surface area contributed by atoms with Crippen LogP contribution in [0.15, 0.2) is 17.0 Å². The highest BCUT2D eigenvalue weighted by Gasteiger charge is 2.33. The lowest BCUT2D eigenvalue weighted by Gasteiger charge is -2.18. The minimum Gasteiger partial charge on any atom is -0.398 e. The molecule has 0 bridgehead atoms. The molecule has 0 aromatic heterocycles. The first-order chi connectivity index (χ1) is 9.71. The molecular formula is C13H18ClN3O3S. The van der Waals surface area contributed by atoms with Gasteiger partial charge in [-0.25, -0.2) is 8.42 Å². The zero-order valence-electron chi connectivity index (χ0n) is 11.9. The number of carbonyl (C=O) groups excluding carboxylic acids is 1. The Labute approximate surface area is 129 Å². The number of hydrogen-bond donors (Lipinski definition) is 2. The summed E-state index contributed by atoms with van der Waals surface area (Å²) in [6.07, 6.45) is 0.591. The maximum absolute atomic E-state index is 12.6. The summed E-state index contributed by atoms with van der Waals surface area (Å²) >= 11 is 6.01. The van der Waals surface area contributed by atoms with Crippen LogP contribution >= 0.6 is 11.6 Å². The van der Waals surface area contributed by atoms with Crippen LogP contribution in [0.1, 0.15) is 18.9 Å². The molecule has 1 aliphatic rings. The molecule has 1 aliphatic heterocycles. The molecule has 0 aliphatic carbocycles. The first-order valence-electron chi connectivity index (χ1n) is 6.54. The third-order valence-corrected chi connectivity index (χ3v) is 5.79. The molecule has 1 atom stereocenters. The van der Waals surface area contributed by atoms with Crippen molar-refractivity contribution in [3.05, 3.63) is 22.7 Å². The Hall–Kier alpha value is -1.31. The van der Waals surface area contributed by atoms with Crippen molar-refractivity contribution in [2.75, 3.05) is 18.8 Å². The van der Waals surface area contributed by atoms with Crippen LogP contribution in [0, 0.1) is 6.92 Å². The number of rotatable bonds is 3. The van der Waals surface area contributed by atoms with Crippen molar-refractivity contribution in [1.29, 1.82) is 0 Å². The van der Waals surface area contributed by atoms with E-state index in [4.69, 9.17) is 17.3 Å². The Morgan fingerprint density at radius 2 is 2.14 bits per heavy atom. The van der Waals surface area contributed by atoms with E-state index >= 15 is 0 Å². The minimum absolute atomic E-state index is 0.0825. The number of hydrogen-bond acceptors (Lipinski definition) is 4. The van der Waals surface area contributed by atoms with E-state index < -0.39 is 10.0 Å². The predicted molar refractivity (Wildman–Crippen MR) is 81.6 cm³/mol. The van der Waals surface area contributed by atoms with E-state index in [2.05, 4.69) is 5.32 Å². The number of halogens is 1. The molecule has 8 heteroatoms. The maximum Gasteiger partial charge on any atom is 0.243 e. The zero-order chi connectivity index (χ0) is 15.8. The fourth-order valence-corrected chi connectivity index (χ4v) is 4.18. The molecule has 0 radical (unpaired) electrons. The van der Waals surface area contributed by atoms with Crippen LogP contribution in [0.25, 0.3) is 0 Å². The average Bonchev–Trinajstić information content (AvgIpc) is 2.83. The van der Waals surface area contributed by atoms with Crippen molar-refractivity contribution in [3.63, 3.8) is 0 Å². The molecule has 21 heavy (non-hydrogen) atoms. The summed E-state index contributed by atoms with van der Waals surface area (Å²) in [5, 5.41) is 3.06. The van der Waals surface area contributed by atoms with Crippen LogP contribution < -0.4 is 11.1 Å². The average molecular weight is 332 g/mol. The van der Waals surface area contributed by atoms with Crippen LogP contribution in [-0.4, -0.2) is 37.8 Å². The van der Waals surface area contributed by atoms with Crippen molar-refractivity contribution in [3.8, 4) is 0 Å². The smallest absolute Gasteiger partial charge is 0.243 e. The molecule has 1 fully saturated rings. The summed E-state index contributed by atoms with van der Waals surface area (Å²) in [5.74, 6) is -0.165. The number of nitrogen functional groups attached to an aromatic ring is 1. The highest BCUT2D eigenvalue weighted by molar-refractivity contribution is 7.89. The molecule has 1 aromatic rings. The van der Waals surface area contributed by atoms with Gasteiger partial charge in [0.1, 0.15) is 0 Å². The fraction of sp³-hybridized carbons (Fsp3) is 0.462. The topological polar surface area (TPSA) is 92.5 Å². The van der Waals surface area contributed by atoms with E-state index in [0.717, 1.165) is 0 Å². The number of anilines is 1. The van der Waals surface area contributed by atoms with Gasteiger partial charge in [0.15, 0.2) is 0 Å². The van der Waals surface area contributed by atoms with Crippen molar-refractivity contribution in [1.82, 2.24) is 9.62 Å². The van der Waals surface area contributed by atoms with Gasteiger partial charge in [-0.15, -0.1) is 0 Å². The van der Waals surface area contributed by atoms with Crippen LogP contribution in [0.4, 0.5) is 5.69 Å². The van der Waals surface area contributed by atoms with Crippen LogP contribution in [0.5, 0.6) is 0 Å². The molecular weight excluding hydrogens is 314 g/mol. The van der Waals surface area contributed by atoms with Gasteiger partial charge in [0, 0.05) is 36.8 Å². The minimum atomic E-state index is -3.65. The normalized spacial score (nSPS) is 19.7. The molecule has 6 nitrogen and oxygen atoms in total. The second kappa shape index (κ2) is 5.82. The standard InChI is InChI=1S/C13H18ClN3O3S/c1-8-12(14)5-11(6-13(8)15)21(19,20)17-4-3-10(7-17)16-9(2)18/h5-6,10H,3-4,7,15H2,1-2H3,(H,16,18). The Morgan fingerprint density at radius 3 is 2.71 bits per heavy atom. The number of carbonyl (C=O) groups is 1. The summed E-state index contributed by atoms with van der Waals surface area (Å²) in [5.41, 5.74) is 6.79. The van der Waals surface area contributed by atoms with E-state index in [1.54, 1.807) is 6.92 Å². The number of benzene rings is 1. The Balaban J connectivity index is 2.25. The predicted octanol–water partition coefficient (Wildman–Crippen LogP) is 1.13. The molecule has 1 saturated heterocycles. The van der Waals surface area contributed by atoms with Crippen molar-refractivity contribution >= 4 is 33.2 Å². The lowest BCUT2D eigenvalue weighted by molar-refractivity contribution is -0.119. The van der Waals surface area contributed by atoms with Crippen molar-refractivity contribution in [2.24, 2.45) is 0 Å². The largest absolute Gasteiger partial charge is 0.398 e. The third kappa shape index (κ3) is 3.30. The number of amides is 1. The van der Waals surface area contributed by atoms with Gasteiger partial charge in [0.05, 0.1) is 4.90 Å². The van der Waals surface area contributed by atoms with Gasteiger partial charge < -0.3 is 11.1 Å². The number of nitrogens with two attached hydrogens (primary N) is 1. The quantitative estimate of drug-likeness (QED) is 0.812. The Morgan fingerprint density at radius 1 is 1.48 bits per heavy atom. The summed E-state index contributed by atoms with van der Waals surface area (Å²) < 4.78 is 26.5. The lowest BCUT2D eigenvalue weighted by atomic mass is 10.2. The number of sulfonamides is 1. The molecule has 116 valence electrons. The Kier molecular flexibility index (Phi) is 4.46. The summed E-state index contributed by atoms with van der Waals surface area (Å²) in [7, 11) is -3.65. The molecule has 1 heterocycles. The zero-order valence-corrected chi connectivity index (χ0v) is 13.5. The summed E-state index contributed by atoms with van der Waals surface area (Å²) in [6, 6.07) is 2.67. The molecule has 1 amide bonds. The molecule has 1 aromatic carbocycles. The van der Waals surface area contributed by atoms with E-state index in [-0.39, 0.29) is 23.4 Å². The molecule has 1 unspecified atom stereocenters. The molecule has 2 rings (SSSR count). The van der Waals surface area contributed by atoms with Crippen molar-refractivity contribution in [2.45, 2.75) is 31.2 Å². The van der Waals surface area contributed by atoms with Crippen LogP contribution in [0.2, 0.25) is 5.02 Å². The van der Waals surface area contributed by atoms with E-state index in [9.17, 15) is 13.2 Å². The number of nitrogens with one attached hydrogen (secondary N) is 1. The van der Waals surface area contributed by atoms with Crippen LogP contribution in [-0.2, 0) is 14.8 Å². The summed E-state index contributed by atoms with van der Waals surface area (Å²) in [4.78, 5) is 11.1. The van der Waals surface area contributed by atoms with Gasteiger partial charge >= 0.3 is 0 Å². The van der Waals surface area contributed by atoms with Gasteiger partial charge in [-0.3, -0.25) is 4.79 Å². The highest BCUT2D eigenvalue weighted by atomic mass is 35.5. The molecule has 3 N–H and O–H groups in total. The van der Waals surface area contributed by atoms with Gasteiger partial charge in [-0.05, 0) is 31.0 Å². The van der Waals surface area contributed by atoms with Gasteiger partial charge in [0.2, 0.25) is 15.9 Å².